The summed E-state index contributed by atoms with van der Waals surface area (Å²) in [4.78, 5) is 24.7. The third-order valence-electron chi connectivity index (χ3n) is 3.88. The zero-order valence-corrected chi connectivity index (χ0v) is 13.8. The molecular weight excluding hydrogens is 328 g/mol. The standard InChI is InChI=1S/C20H14N4O2/c1-2-11-24-20(26)17-6-4-3-5-16(17)18(23-24)13-22-19(25)15-9-7-14(12-21)8-10-15/h1,3-10H,11,13H2,(H,22,25). The van der Waals surface area contributed by atoms with Gasteiger partial charge in [-0.15, -0.1) is 6.42 Å². The predicted molar refractivity (Wildman–Crippen MR) is 97.2 cm³/mol. The molecule has 1 heterocycles. The minimum absolute atomic E-state index is 0.0558. The van der Waals surface area contributed by atoms with Gasteiger partial charge in [0.25, 0.3) is 11.5 Å². The van der Waals surface area contributed by atoms with Gasteiger partial charge in [0.05, 0.1) is 29.3 Å². The number of fused-ring (bicyclic) bond motifs is 1. The van der Waals surface area contributed by atoms with E-state index in [4.69, 9.17) is 11.7 Å². The Labute approximate surface area is 149 Å². The zero-order valence-electron chi connectivity index (χ0n) is 13.8. The smallest absolute Gasteiger partial charge is 0.275 e. The number of carbonyl (C=O) groups excluding carboxylic acids is 1. The van der Waals surface area contributed by atoms with Gasteiger partial charge in [0, 0.05) is 10.9 Å². The first-order chi connectivity index (χ1) is 12.6. The van der Waals surface area contributed by atoms with Crippen molar-refractivity contribution in [3.63, 3.8) is 0 Å². The summed E-state index contributed by atoms with van der Waals surface area (Å²) < 4.78 is 1.21. The Bertz CT molecular complexity index is 1120. The van der Waals surface area contributed by atoms with Crippen molar-refractivity contribution in [2.45, 2.75) is 13.1 Å². The molecule has 0 aliphatic carbocycles. The number of benzene rings is 2. The lowest BCUT2D eigenvalue weighted by Gasteiger charge is -2.10. The Morgan fingerprint density at radius 2 is 1.85 bits per heavy atom. The molecule has 1 N–H and O–H groups in total. The average molecular weight is 342 g/mol. The van der Waals surface area contributed by atoms with Crippen LogP contribution in [-0.2, 0) is 13.1 Å². The van der Waals surface area contributed by atoms with Gasteiger partial charge in [0.15, 0.2) is 0 Å². The van der Waals surface area contributed by atoms with Crippen molar-refractivity contribution in [1.29, 1.82) is 5.26 Å². The van der Waals surface area contributed by atoms with Gasteiger partial charge in [0.2, 0.25) is 0 Å². The van der Waals surface area contributed by atoms with E-state index in [9.17, 15) is 9.59 Å². The van der Waals surface area contributed by atoms with Gasteiger partial charge in [-0.05, 0) is 30.3 Å². The molecule has 0 radical (unpaired) electrons. The maximum absolute atomic E-state index is 12.4. The number of terminal acetylenes is 1. The summed E-state index contributed by atoms with van der Waals surface area (Å²) in [6.07, 6.45) is 5.30. The monoisotopic (exact) mass is 342 g/mol. The molecule has 0 unspecified atom stereocenters. The number of rotatable bonds is 4. The van der Waals surface area contributed by atoms with Crippen molar-refractivity contribution < 1.29 is 4.79 Å². The molecule has 2 aromatic carbocycles. The van der Waals surface area contributed by atoms with E-state index in [-0.39, 0.29) is 24.6 Å². The lowest BCUT2D eigenvalue weighted by Crippen LogP contribution is -2.28. The summed E-state index contributed by atoms with van der Waals surface area (Å²) in [7, 11) is 0. The van der Waals surface area contributed by atoms with Gasteiger partial charge in [-0.3, -0.25) is 9.59 Å². The fourth-order valence-electron chi connectivity index (χ4n) is 2.59. The molecule has 0 bridgehead atoms. The molecule has 6 nitrogen and oxygen atoms in total. The second-order valence-corrected chi connectivity index (χ2v) is 5.53. The van der Waals surface area contributed by atoms with Crippen molar-refractivity contribution in [2.75, 3.05) is 0 Å². The highest BCUT2D eigenvalue weighted by molar-refractivity contribution is 5.94. The van der Waals surface area contributed by atoms with Gasteiger partial charge < -0.3 is 5.32 Å². The number of carbonyl (C=O) groups is 1. The summed E-state index contributed by atoms with van der Waals surface area (Å²) in [5.74, 6) is 2.11. The summed E-state index contributed by atoms with van der Waals surface area (Å²) in [6.45, 7) is 0.199. The van der Waals surface area contributed by atoms with E-state index in [1.165, 1.54) is 4.68 Å². The maximum Gasteiger partial charge on any atom is 0.275 e. The minimum atomic E-state index is -0.296. The molecule has 0 aliphatic heterocycles. The topological polar surface area (TPSA) is 87.8 Å². The Morgan fingerprint density at radius 3 is 2.50 bits per heavy atom. The average Bonchev–Trinajstić information content (AvgIpc) is 2.69. The third kappa shape index (κ3) is 3.31. The van der Waals surface area contributed by atoms with Crippen LogP contribution in [0.2, 0.25) is 0 Å². The van der Waals surface area contributed by atoms with E-state index >= 15 is 0 Å². The summed E-state index contributed by atoms with van der Waals surface area (Å²) in [5.41, 5.74) is 1.21. The number of nitrogens with zero attached hydrogens (tertiary/aromatic N) is 3. The number of hydrogen-bond acceptors (Lipinski definition) is 4. The number of nitrogens with one attached hydrogen (secondary N) is 1. The lowest BCUT2D eigenvalue weighted by atomic mass is 10.1. The second kappa shape index (κ2) is 7.33. The first kappa shape index (κ1) is 16.9. The molecule has 1 amide bonds. The van der Waals surface area contributed by atoms with Crippen LogP contribution in [0.5, 0.6) is 0 Å². The van der Waals surface area contributed by atoms with E-state index in [1.54, 1.807) is 48.5 Å². The predicted octanol–water partition coefficient (Wildman–Crippen LogP) is 1.83. The van der Waals surface area contributed by atoms with Crippen LogP contribution in [0.25, 0.3) is 10.8 Å². The highest BCUT2D eigenvalue weighted by atomic mass is 16.1. The van der Waals surface area contributed by atoms with Gasteiger partial charge >= 0.3 is 0 Å². The fraction of sp³-hybridized carbons (Fsp3) is 0.100. The Kier molecular flexibility index (Phi) is 4.78. The van der Waals surface area contributed by atoms with Crippen molar-refractivity contribution in [1.82, 2.24) is 15.1 Å². The van der Waals surface area contributed by atoms with Crippen molar-refractivity contribution in [3.8, 4) is 18.4 Å². The normalized spacial score (nSPS) is 10.1. The Hall–Kier alpha value is -3.90. The molecule has 0 saturated carbocycles. The minimum Gasteiger partial charge on any atom is -0.346 e. The number of nitriles is 1. The first-order valence-corrected chi connectivity index (χ1v) is 7.84. The van der Waals surface area contributed by atoms with Crippen LogP contribution in [0.4, 0.5) is 0 Å². The van der Waals surface area contributed by atoms with E-state index < -0.39 is 0 Å². The molecule has 0 spiro atoms. The third-order valence-corrected chi connectivity index (χ3v) is 3.88. The Balaban J connectivity index is 1.89. The van der Waals surface area contributed by atoms with Crippen LogP contribution in [0, 0.1) is 23.7 Å². The van der Waals surface area contributed by atoms with E-state index in [1.807, 2.05) is 6.07 Å². The maximum atomic E-state index is 12.4. The molecule has 0 fully saturated rings. The molecular formula is C20H14N4O2. The number of aromatic nitrogens is 2. The molecule has 126 valence electrons. The number of amides is 1. The van der Waals surface area contributed by atoms with Gasteiger partial charge in [-0.25, -0.2) is 4.68 Å². The van der Waals surface area contributed by atoms with Crippen LogP contribution in [-0.4, -0.2) is 15.7 Å². The molecule has 26 heavy (non-hydrogen) atoms. The summed E-state index contributed by atoms with van der Waals surface area (Å²) >= 11 is 0. The SMILES string of the molecule is C#CCn1nc(CNC(=O)c2ccc(C#N)cc2)c2ccccc2c1=O. The van der Waals surface area contributed by atoms with Crippen LogP contribution in [0.1, 0.15) is 21.6 Å². The van der Waals surface area contributed by atoms with Crippen LogP contribution in [0.15, 0.2) is 53.3 Å². The van der Waals surface area contributed by atoms with Crippen molar-refractivity contribution in [2.24, 2.45) is 0 Å². The molecule has 0 aliphatic rings. The number of hydrogen-bond donors (Lipinski definition) is 1. The van der Waals surface area contributed by atoms with Crippen LogP contribution >= 0.6 is 0 Å². The van der Waals surface area contributed by atoms with Crippen molar-refractivity contribution in [3.05, 3.63) is 75.7 Å². The highest BCUT2D eigenvalue weighted by Gasteiger charge is 2.12. The van der Waals surface area contributed by atoms with Gasteiger partial charge in [-0.1, -0.05) is 24.1 Å². The van der Waals surface area contributed by atoms with Crippen LogP contribution < -0.4 is 10.9 Å². The highest BCUT2D eigenvalue weighted by Crippen LogP contribution is 2.13. The quantitative estimate of drug-likeness (QED) is 0.733. The molecule has 0 atom stereocenters. The first-order valence-electron chi connectivity index (χ1n) is 7.84. The molecule has 3 aromatic rings. The van der Waals surface area contributed by atoms with E-state index in [0.29, 0.717) is 27.6 Å². The van der Waals surface area contributed by atoms with Crippen LogP contribution in [0.3, 0.4) is 0 Å². The molecule has 0 saturated heterocycles. The van der Waals surface area contributed by atoms with E-state index in [2.05, 4.69) is 16.3 Å². The van der Waals surface area contributed by atoms with Gasteiger partial charge in [-0.2, -0.15) is 10.4 Å². The fourth-order valence-corrected chi connectivity index (χ4v) is 2.59. The van der Waals surface area contributed by atoms with E-state index in [0.717, 1.165) is 0 Å². The zero-order chi connectivity index (χ0) is 18.5. The lowest BCUT2D eigenvalue weighted by molar-refractivity contribution is 0.0950. The summed E-state index contributed by atoms with van der Waals surface area (Å²) in [6, 6.07) is 15.4. The van der Waals surface area contributed by atoms with Crippen molar-refractivity contribution >= 4 is 16.7 Å². The molecule has 3 rings (SSSR count). The molecule has 1 aromatic heterocycles. The summed E-state index contributed by atoms with van der Waals surface area (Å²) in [5, 5.41) is 17.1. The largest absolute Gasteiger partial charge is 0.346 e. The Morgan fingerprint density at radius 1 is 1.15 bits per heavy atom. The molecule has 6 heteroatoms. The van der Waals surface area contributed by atoms with Gasteiger partial charge in [0.1, 0.15) is 6.54 Å². The second-order valence-electron chi connectivity index (χ2n) is 5.53.